The van der Waals surface area contributed by atoms with Crippen LogP contribution in [-0.2, 0) is 0 Å². The number of hydrogen-bond acceptors (Lipinski definition) is 6. The minimum atomic E-state index is 0.413. The first-order valence-corrected chi connectivity index (χ1v) is 7.72. The standard InChI is InChI=1S/C14H26N6/c1-4-11(5-2)16-13-17-12(15-3)18-14(19-13)20-9-7-6-8-10-20/h11H,4-10H2,1-3H3,(H2,15,16,17,18,19). The second-order valence-corrected chi connectivity index (χ2v) is 5.24. The summed E-state index contributed by atoms with van der Waals surface area (Å²) >= 11 is 0. The van der Waals surface area contributed by atoms with Crippen LogP contribution in [0.15, 0.2) is 0 Å². The molecule has 0 bridgehead atoms. The molecule has 6 nitrogen and oxygen atoms in total. The topological polar surface area (TPSA) is 66.0 Å². The molecule has 1 aliphatic rings. The Labute approximate surface area is 121 Å². The van der Waals surface area contributed by atoms with Gasteiger partial charge in [-0.2, -0.15) is 15.0 Å². The van der Waals surface area contributed by atoms with Gasteiger partial charge in [0.1, 0.15) is 0 Å². The molecule has 0 spiro atoms. The average Bonchev–Trinajstić information content (AvgIpc) is 2.53. The van der Waals surface area contributed by atoms with Crippen molar-refractivity contribution < 1.29 is 0 Å². The third-order valence-corrected chi connectivity index (χ3v) is 3.80. The van der Waals surface area contributed by atoms with Crippen LogP contribution in [0.4, 0.5) is 17.8 Å². The molecule has 0 atom stereocenters. The van der Waals surface area contributed by atoms with Gasteiger partial charge in [-0.3, -0.25) is 0 Å². The van der Waals surface area contributed by atoms with Crippen LogP contribution < -0.4 is 15.5 Å². The Morgan fingerprint density at radius 1 is 1.00 bits per heavy atom. The first-order chi connectivity index (χ1) is 9.76. The second kappa shape index (κ2) is 7.26. The van der Waals surface area contributed by atoms with Crippen LogP contribution >= 0.6 is 0 Å². The van der Waals surface area contributed by atoms with Gasteiger partial charge in [0, 0.05) is 26.2 Å². The van der Waals surface area contributed by atoms with E-state index in [1.807, 2.05) is 7.05 Å². The number of aromatic nitrogens is 3. The molecule has 0 saturated carbocycles. The number of anilines is 3. The van der Waals surface area contributed by atoms with Gasteiger partial charge in [0.15, 0.2) is 0 Å². The molecular weight excluding hydrogens is 252 g/mol. The molecule has 0 aliphatic carbocycles. The van der Waals surface area contributed by atoms with Crippen LogP contribution in [0, 0.1) is 0 Å². The van der Waals surface area contributed by atoms with Crippen LogP contribution in [0.25, 0.3) is 0 Å². The Kier molecular flexibility index (Phi) is 5.38. The van der Waals surface area contributed by atoms with Crippen molar-refractivity contribution in [3.8, 4) is 0 Å². The van der Waals surface area contributed by atoms with Crippen molar-refractivity contribution >= 4 is 17.8 Å². The van der Waals surface area contributed by atoms with E-state index in [9.17, 15) is 0 Å². The van der Waals surface area contributed by atoms with Crippen molar-refractivity contribution in [1.29, 1.82) is 0 Å². The number of piperidine rings is 1. The van der Waals surface area contributed by atoms with Crippen molar-refractivity contribution in [2.24, 2.45) is 0 Å². The van der Waals surface area contributed by atoms with Gasteiger partial charge in [0.2, 0.25) is 17.8 Å². The molecule has 0 amide bonds. The van der Waals surface area contributed by atoms with Crippen LogP contribution in [0.5, 0.6) is 0 Å². The molecule has 1 saturated heterocycles. The third-order valence-electron chi connectivity index (χ3n) is 3.80. The van der Waals surface area contributed by atoms with E-state index >= 15 is 0 Å². The number of nitrogens with one attached hydrogen (secondary N) is 2. The molecule has 2 N–H and O–H groups in total. The maximum Gasteiger partial charge on any atom is 0.231 e. The summed E-state index contributed by atoms with van der Waals surface area (Å²) < 4.78 is 0. The molecule has 1 aromatic rings. The zero-order valence-corrected chi connectivity index (χ0v) is 12.8. The minimum absolute atomic E-state index is 0.413. The van der Waals surface area contributed by atoms with Gasteiger partial charge in [0.05, 0.1) is 0 Å². The summed E-state index contributed by atoms with van der Waals surface area (Å²) in [5, 5.41) is 6.43. The summed E-state index contributed by atoms with van der Waals surface area (Å²) in [6.07, 6.45) is 5.87. The normalized spacial score (nSPS) is 15.5. The smallest absolute Gasteiger partial charge is 0.231 e. The average molecular weight is 278 g/mol. The summed E-state index contributed by atoms with van der Waals surface area (Å²) in [5.74, 6) is 2.10. The summed E-state index contributed by atoms with van der Waals surface area (Å²) in [5.41, 5.74) is 0. The van der Waals surface area contributed by atoms with Gasteiger partial charge in [0.25, 0.3) is 0 Å². The molecule has 20 heavy (non-hydrogen) atoms. The summed E-state index contributed by atoms with van der Waals surface area (Å²) in [6.45, 7) is 6.43. The van der Waals surface area contributed by atoms with Crippen molar-refractivity contribution in [3.05, 3.63) is 0 Å². The number of nitrogens with zero attached hydrogens (tertiary/aromatic N) is 4. The Morgan fingerprint density at radius 3 is 2.25 bits per heavy atom. The molecular formula is C14H26N6. The van der Waals surface area contributed by atoms with Crippen LogP contribution in [0.3, 0.4) is 0 Å². The molecule has 2 heterocycles. The summed E-state index contributed by atoms with van der Waals surface area (Å²) in [4.78, 5) is 15.7. The highest BCUT2D eigenvalue weighted by Crippen LogP contribution is 2.19. The lowest BCUT2D eigenvalue weighted by molar-refractivity contribution is 0.567. The molecule has 1 aliphatic heterocycles. The van der Waals surface area contributed by atoms with E-state index in [2.05, 4.69) is 44.3 Å². The fourth-order valence-corrected chi connectivity index (χ4v) is 2.45. The van der Waals surface area contributed by atoms with Gasteiger partial charge < -0.3 is 15.5 Å². The highest BCUT2D eigenvalue weighted by Gasteiger charge is 2.16. The molecule has 2 rings (SSSR count). The fourth-order valence-electron chi connectivity index (χ4n) is 2.45. The Balaban J connectivity index is 2.18. The third kappa shape index (κ3) is 3.71. The summed E-state index contributed by atoms with van der Waals surface area (Å²) in [7, 11) is 1.84. The van der Waals surface area contributed by atoms with Gasteiger partial charge in [-0.1, -0.05) is 13.8 Å². The SMILES string of the molecule is CCC(CC)Nc1nc(NC)nc(N2CCCCC2)n1. The van der Waals surface area contributed by atoms with Gasteiger partial charge in [-0.25, -0.2) is 0 Å². The van der Waals surface area contributed by atoms with Crippen molar-refractivity contribution in [1.82, 2.24) is 15.0 Å². The molecule has 0 aromatic carbocycles. The molecule has 0 radical (unpaired) electrons. The number of rotatable bonds is 6. The molecule has 112 valence electrons. The second-order valence-electron chi connectivity index (χ2n) is 5.24. The lowest BCUT2D eigenvalue weighted by Gasteiger charge is -2.27. The molecule has 1 fully saturated rings. The van der Waals surface area contributed by atoms with E-state index in [0.29, 0.717) is 17.9 Å². The van der Waals surface area contributed by atoms with Crippen molar-refractivity contribution in [3.63, 3.8) is 0 Å². The summed E-state index contributed by atoms with van der Waals surface area (Å²) in [6, 6.07) is 0.413. The Morgan fingerprint density at radius 2 is 1.65 bits per heavy atom. The zero-order valence-electron chi connectivity index (χ0n) is 12.8. The minimum Gasteiger partial charge on any atom is -0.357 e. The van der Waals surface area contributed by atoms with E-state index in [1.54, 1.807) is 0 Å². The van der Waals surface area contributed by atoms with Crippen LogP contribution in [-0.4, -0.2) is 41.1 Å². The van der Waals surface area contributed by atoms with Crippen molar-refractivity contribution in [2.45, 2.75) is 52.0 Å². The maximum atomic E-state index is 4.59. The largest absolute Gasteiger partial charge is 0.357 e. The van der Waals surface area contributed by atoms with Crippen molar-refractivity contribution in [2.75, 3.05) is 35.7 Å². The first kappa shape index (κ1) is 14.8. The molecule has 6 heteroatoms. The van der Waals surface area contributed by atoms with Gasteiger partial charge >= 0.3 is 0 Å². The monoisotopic (exact) mass is 278 g/mol. The van der Waals surface area contributed by atoms with E-state index in [4.69, 9.17) is 0 Å². The lowest BCUT2D eigenvalue weighted by Crippen LogP contribution is -2.32. The van der Waals surface area contributed by atoms with E-state index in [0.717, 1.165) is 31.9 Å². The van der Waals surface area contributed by atoms with Crippen LogP contribution in [0.1, 0.15) is 46.0 Å². The Bertz CT molecular complexity index is 412. The van der Waals surface area contributed by atoms with Gasteiger partial charge in [-0.15, -0.1) is 0 Å². The fraction of sp³-hybridized carbons (Fsp3) is 0.786. The lowest BCUT2D eigenvalue weighted by atomic mass is 10.1. The highest BCUT2D eigenvalue weighted by atomic mass is 15.3. The van der Waals surface area contributed by atoms with E-state index in [1.165, 1.54) is 19.3 Å². The predicted molar refractivity (Wildman–Crippen MR) is 83.4 cm³/mol. The quantitative estimate of drug-likeness (QED) is 0.833. The Hall–Kier alpha value is -1.59. The van der Waals surface area contributed by atoms with Crippen LogP contribution in [0.2, 0.25) is 0 Å². The van der Waals surface area contributed by atoms with E-state index < -0.39 is 0 Å². The first-order valence-electron chi connectivity index (χ1n) is 7.72. The number of hydrogen-bond donors (Lipinski definition) is 2. The molecule has 1 aromatic heterocycles. The zero-order chi connectivity index (χ0) is 14.4. The molecule has 0 unspecified atom stereocenters. The predicted octanol–water partition coefficient (Wildman–Crippen LogP) is 2.50. The maximum absolute atomic E-state index is 4.59. The highest BCUT2D eigenvalue weighted by molar-refractivity contribution is 5.44. The van der Waals surface area contributed by atoms with Gasteiger partial charge in [-0.05, 0) is 32.1 Å². The van der Waals surface area contributed by atoms with E-state index in [-0.39, 0.29) is 0 Å².